The Bertz CT molecular complexity index is 1020. The smallest absolute Gasteiger partial charge is 0.260 e. The fraction of sp³-hybridized carbons (Fsp3) is 0.269. The van der Waals surface area contributed by atoms with E-state index in [0.29, 0.717) is 18.8 Å². The number of amides is 1. The van der Waals surface area contributed by atoms with Gasteiger partial charge in [-0.25, -0.2) is 0 Å². The van der Waals surface area contributed by atoms with Crippen LogP contribution in [-0.2, 0) is 4.79 Å². The summed E-state index contributed by atoms with van der Waals surface area (Å²) in [5.74, 6) is 2.21. The fourth-order valence-corrected chi connectivity index (χ4v) is 3.82. The van der Waals surface area contributed by atoms with Crippen LogP contribution in [0.3, 0.4) is 0 Å². The molecule has 1 fully saturated rings. The lowest BCUT2D eigenvalue weighted by Crippen LogP contribution is -2.50. The molecule has 1 aliphatic rings. The molecule has 1 saturated heterocycles. The predicted octanol–water partition coefficient (Wildman–Crippen LogP) is 4.47. The molecule has 166 valence electrons. The van der Waals surface area contributed by atoms with Crippen LogP contribution < -0.4 is 9.47 Å². The molecular formula is C26H28N2O4. The van der Waals surface area contributed by atoms with Gasteiger partial charge in [0.05, 0.1) is 0 Å². The van der Waals surface area contributed by atoms with Crippen molar-refractivity contribution in [3.05, 3.63) is 84.4 Å². The van der Waals surface area contributed by atoms with E-state index in [-0.39, 0.29) is 24.3 Å². The Morgan fingerprint density at radius 2 is 1.53 bits per heavy atom. The van der Waals surface area contributed by atoms with Gasteiger partial charge in [0.15, 0.2) is 6.61 Å². The van der Waals surface area contributed by atoms with Crippen LogP contribution >= 0.6 is 0 Å². The first-order valence-corrected chi connectivity index (χ1v) is 10.8. The molecule has 6 heteroatoms. The van der Waals surface area contributed by atoms with Crippen molar-refractivity contribution < 1.29 is 19.4 Å². The van der Waals surface area contributed by atoms with Gasteiger partial charge in [0.25, 0.3) is 5.91 Å². The lowest BCUT2D eigenvalue weighted by molar-refractivity contribution is -0.135. The fourth-order valence-electron chi connectivity index (χ4n) is 3.82. The minimum absolute atomic E-state index is 0.0259. The summed E-state index contributed by atoms with van der Waals surface area (Å²) in [6, 6.07) is 24.7. The van der Waals surface area contributed by atoms with Gasteiger partial charge in [-0.15, -0.1) is 0 Å². The number of aromatic hydroxyl groups is 1. The van der Waals surface area contributed by atoms with E-state index in [9.17, 15) is 9.90 Å². The number of ether oxygens (including phenoxy) is 2. The monoisotopic (exact) mass is 432 g/mol. The Morgan fingerprint density at radius 3 is 2.22 bits per heavy atom. The molecule has 32 heavy (non-hydrogen) atoms. The van der Waals surface area contributed by atoms with Crippen molar-refractivity contribution in [1.29, 1.82) is 0 Å². The zero-order valence-corrected chi connectivity index (χ0v) is 18.2. The average molecular weight is 433 g/mol. The molecule has 0 saturated carbocycles. The second-order valence-electron chi connectivity index (χ2n) is 7.86. The quantitative estimate of drug-likeness (QED) is 0.597. The molecule has 0 bridgehead atoms. The van der Waals surface area contributed by atoms with Gasteiger partial charge >= 0.3 is 0 Å². The highest BCUT2D eigenvalue weighted by Gasteiger charge is 2.25. The minimum atomic E-state index is -0.0388. The first kappa shape index (κ1) is 21.7. The summed E-state index contributed by atoms with van der Waals surface area (Å²) in [5, 5.41) is 9.50. The second kappa shape index (κ2) is 10.2. The van der Waals surface area contributed by atoms with E-state index in [4.69, 9.17) is 9.47 Å². The molecule has 0 spiro atoms. The van der Waals surface area contributed by atoms with Crippen molar-refractivity contribution in [2.75, 3.05) is 32.8 Å². The Morgan fingerprint density at radius 1 is 0.875 bits per heavy atom. The van der Waals surface area contributed by atoms with Gasteiger partial charge in [-0.1, -0.05) is 36.4 Å². The van der Waals surface area contributed by atoms with Crippen molar-refractivity contribution >= 4 is 5.91 Å². The number of para-hydroxylation sites is 1. The van der Waals surface area contributed by atoms with Gasteiger partial charge in [0.2, 0.25) is 0 Å². The number of rotatable bonds is 7. The van der Waals surface area contributed by atoms with Gasteiger partial charge in [-0.05, 0) is 48.9 Å². The number of carbonyl (C=O) groups excluding carboxylic acids is 1. The zero-order chi connectivity index (χ0) is 22.3. The third kappa shape index (κ3) is 5.59. The van der Waals surface area contributed by atoms with Gasteiger partial charge in [-0.3, -0.25) is 9.69 Å². The molecular weight excluding hydrogens is 404 g/mol. The normalized spacial score (nSPS) is 15.2. The van der Waals surface area contributed by atoms with E-state index >= 15 is 0 Å². The zero-order valence-electron chi connectivity index (χ0n) is 18.2. The predicted molar refractivity (Wildman–Crippen MR) is 123 cm³/mol. The third-order valence-electron chi connectivity index (χ3n) is 5.74. The van der Waals surface area contributed by atoms with Crippen LogP contribution in [0.15, 0.2) is 78.9 Å². The highest BCUT2D eigenvalue weighted by Crippen LogP contribution is 2.26. The van der Waals surface area contributed by atoms with Gasteiger partial charge in [-0.2, -0.15) is 0 Å². The van der Waals surface area contributed by atoms with Crippen molar-refractivity contribution in [3.8, 4) is 23.0 Å². The highest BCUT2D eigenvalue weighted by atomic mass is 16.5. The van der Waals surface area contributed by atoms with Crippen LogP contribution in [0.4, 0.5) is 0 Å². The molecule has 0 aliphatic carbocycles. The molecule has 1 aliphatic heterocycles. The summed E-state index contributed by atoms with van der Waals surface area (Å²) in [6.07, 6.45) is 0. The van der Waals surface area contributed by atoms with Crippen molar-refractivity contribution in [2.45, 2.75) is 13.0 Å². The number of carbonyl (C=O) groups is 1. The summed E-state index contributed by atoms with van der Waals surface area (Å²) in [7, 11) is 0. The number of phenols is 1. The molecule has 3 aromatic rings. The summed E-state index contributed by atoms with van der Waals surface area (Å²) < 4.78 is 11.4. The molecule has 1 amide bonds. The average Bonchev–Trinajstić information content (AvgIpc) is 2.83. The first-order valence-electron chi connectivity index (χ1n) is 10.8. The van der Waals surface area contributed by atoms with Gasteiger partial charge in [0, 0.05) is 38.3 Å². The molecule has 4 rings (SSSR count). The molecule has 1 N–H and O–H groups in total. The third-order valence-corrected chi connectivity index (χ3v) is 5.74. The molecule has 0 radical (unpaired) electrons. The maximum Gasteiger partial charge on any atom is 0.260 e. The van der Waals surface area contributed by atoms with Crippen LogP contribution in [0.1, 0.15) is 18.5 Å². The summed E-state index contributed by atoms with van der Waals surface area (Å²) in [6.45, 7) is 5.11. The van der Waals surface area contributed by atoms with E-state index in [0.717, 1.165) is 24.6 Å². The van der Waals surface area contributed by atoms with E-state index in [2.05, 4.69) is 24.0 Å². The Balaban J connectivity index is 1.25. The van der Waals surface area contributed by atoms with Crippen molar-refractivity contribution in [2.24, 2.45) is 0 Å². The lowest BCUT2D eigenvalue weighted by Gasteiger charge is -2.38. The highest BCUT2D eigenvalue weighted by molar-refractivity contribution is 5.77. The van der Waals surface area contributed by atoms with Crippen molar-refractivity contribution in [1.82, 2.24) is 9.80 Å². The van der Waals surface area contributed by atoms with E-state index in [1.165, 1.54) is 11.6 Å². The van der Waals surface area contributed by atoms with Crippen LogP contribution in [0.5, 0.6) is 23.0 Å². The largest absolute Gasteiger partial charge is 0.508 e. The van der Waals surface area contributed by atoms with Crippen LogP contribution in [0.2, 0.25) is 0 Å². The van der Waals surface area contributed by atoms with Crippen molar-refractivity contribution in [3.63, 3.8) is 0 Å². The van der Waals surface area contributed by atoms with E-state index in [1.54, 1.807) is 18.2 Å². The summed E-state index contributed by atoms with van der Waals surface area (Å²) in [5.41, 5.74) is 1.22. The summed E-state index contributed by atoms with van der Waals surface area (Å²) >= 11 is 0. The first-order chi connectivity index (χ1) is 15.6. The minimum Gasteiger partial charge on any atom is -0.508 e. The molecule has 0 aromatic heterocycles. The van der Waals surface area contributed by atoms with Gasteiger partial charge < -0.3 is 19.5 Å². The molecule has 1 atom stereocenters. The number of phenolic OH excluding ortho intramolecular Hbond substituents is 1. The Kier molecular flexibility index (Phi) is 6.92. The number of piperazine rings is 1. The maximum atomic E-state index is 12.5. The molecule has 3 aromatic carbocycles. The number of benzene rings is 3. The van der Waals surface area contributed by atoms with Gasteiger partial charge in [0.1, 0.15) is 23.0 Å². The summed E-state index contributed by atoms with van der Waals surface area (Å²) in [4.78, 5) is 16.7. The number of hydrogen-bond donors (Lipinski definition) is 1. The number of nitrogens with zero attached hydrogens (tertiary/aromatic N) is 2. The Hall–Kier alpha value is -3.51. The maximum absolute atomic E-state index is 12.5. The topological polar surface area (TPSA) is 62.2 Å². The lowest BCUT2D eigenvalue weighted by atomic mass is 10.1. The van der Waals surface area contributed by atoms with E-state index in [1.807, 2.05) is 47.4 Å². The second-order valence-corrected chi connectivity index (χ2v) is 7.86. The molecule has 6 nitrogen and oxygen atoms in total. The number of hydrogen-bond acceptors (Lipinski definition) is 5. The van der Waals surface area contributed by atoms with Crippen LogP contribution in [0, 0.1) is 0 Å². The standard InChI is InChI=1S/C26H28N2O4/c1-20(21-10-12-24(13-11-21)32-23-7-3-2-4-8-23)27-14-16-28(17-15-27)26(30)19-31-25-9-5-6-22(29)18-25/h2-13,18,20,29H,14-17,19H2,1H3. The molecule has 1 heterocycles. The Labute approximate surface area is 188 Å². The van der Waals surface area contributed by atoms with E-state index < -0.39 is 0 Å². The van der Waals surface area contributed by atoms with Crippen LogP contribution in [0.25, 0.3) is 0 Å². The SMILES string of the molecule is CC(c1ccc(Oc2ccccc2)cc1)N1CCN(C(=O)COc2cccc(O)c2)CC1. The molecule has 1 unspecified atom stereocenters. The van der Waals surface area contributed by atoms with Crippen LogP contribution in [-0.4, -0.2) is 53.6 Å².